The largest absolute Gasteiger partial charge is 0.378 e. The fourth-order valence-electron chi connectivity index (χ4n) is 3.04. The molecule has 1 N–H and O–H groups in total. The van der Waals surface area contributed by atoms with Crippen LogP contribution in [0.2, 0.25) is 10.0 Å². The molecule has 2 aromatic rings. The zero-order chi connectivity index (χ0) is 18.6. The maximum absolute atomic E-state index is 6.25. The van der Waals surface area contributed by atoms with E-state index in [4.69, 9.17) is 37.7 Å². The summed E-state index contributed by atoms with van der Waals surface area (Å²) < 4.78 is 10.9. The minimum absolute atomic E-state index is 0.387. The molecule has 8 nitrogen and oxygen atoms in total. The summed E-state index contributed by atoms with van der Waals surface area (Å²) in [5.41, 5.74) is 0.676. The maximum Gasteiger partial charge on any atom is 0.249 e. The first kappa shape index (κ1) is 18.5. The van der Waals surface area contributed by atoms with Crippen LogP contribution in [-0.4, -0.2) is 67.8 Å². The first-order valence-corrected chi connectivity index (χ1v) is 9.58. The van der Waals surface area contributed by atoms with Crippen LogP contribution in [0, 0.1) is 0 Å². The highest BCUT2D eigenvalue weighted by molar-refractivity contribution is 6.36. The second-order valence-corrected chi connectivity index (χ2v) is 7.07. The lowest BCUT2D eigenvalue weighted by molar-refractivity contribution is 0.120. The second kappa shape index (κ2) is 8.43. The van der Waals surface area contributed by atoms with Crippen molar-refractivity contribution < 1.29 is 9.47 Å². The van der Waals surface area contributed by atoms with Crippen LogP contribution in [0.5, 0.6) is 0 Å². The predicted octanol–water partition coefficient (Wildman–Crippen LogP) is 2.60. The van der Waals surface area contributed by atoms with E-state index >= 15 is 0 Å². The van der Waals surface area contributed by atoms with Crippen molar-refractivity contribution in [2.24, 2.45) is 0 Å². The number of nitrogens with one attached hydrogen (secondary N) is 1. The van der Waals surface area contributed by atoms with E-state index in [-0.39, 0.29) is 0 Å². The number of halogens is 2. The van der Waals surface area contributed by atoms with Gasteiger partial charge in [0, 0.05) is 31.2 Å². The van der Waals surface area contributed by atoms with Crippen molar-refractivity contribution in [2.75, 3.05) is 67.7 Å². The molecule has 10 heteroatoms. The van der Waals surface area contributed by atoms with E-state index < -0.39 is 0 Å². The fraction of sp³-hybridized carbons (Fsp3) is 0.471. The molecule has 3 heterocycles. The summed E-state index contributed by atoms with van der Waals surface area (Å²) in [4.78, 5) is 9.08. The van der Waals surface area contributed by atoms with Crippen molar-refractivity contribution in [3.63, 3.8) is 0 Å². The van der Waals surface area contributed by atoms with E-state index in [0.717, 1.165) is 37.8 Å². The average molecular weight is 411 g/mol. The quantitative estimate of drug-likeness (QED) is 0.823. The molecule has 2 fully saturated rings. The number of benzene rings is 1. The van der Waals surface area contributed by atoms with Crippen molar-refractivity contribution in [1.29, 1.82) is 0 Å². The molecule has 27 heavy (non-hydrogen) atoms. The third-order valence-electron chi connectivity index (χ3n) is 4.45. The minimum Gasteiger partial charge on any atom is -0.378 e. The predicted molar refractivity (Wildman–Crippen MR) is 106 cm³/mol. The number of aromatic nitrogens is 3. The van der Waals surface area contributed by atoms with Crippen LogP contribution >= 0.6 is 23.2 Å². The van der Waals surface area contributed by atoms with Gasteiger partial charge in [0.05, 0.1) is 37.1 Å². The van der Waals surface area contributed by atoms with Gasteiger partial charge in [-0.2, -0.15) is 4.98 Å². The molecule has 0 saturated carbocycles. The molecule has 0 bridgehead atoms. The number of rotatable bonds is 4. The number of morpholine rings is 2. The van der Waals surface area contributed by atoms with Gasteiger partial charge in [-0.1, -0.05) is 23.2 Å². The van der Waals surface area contributed by atoms with E-state index in [1.54, 1.807) is 18.2 Å². The number of hydrogen-bond donors (Lipinski definition) is 1. The van der Waals surface area contributed by atoms with Crippen molar-refractivity contribution in [3.05, 3.63) is 28.2 Å². The van der Waals surface area contributed by atoms with Crippen molar-refractivity contribution in [1.82, 2.24) is 15.2 Å². The Bertz CT molecular complexity index is 797. The Balaban J connectivity index is 1.64. The lowest BCUT2D eigenvalue weighted by atomic mass is 10.3. The minimum atomic E-state index is 0.387. The molecular weight excluding hydrogens is 391 g/mol. The molecule has 0 aliphatic carbocycles. The average Bonchev–Trinajstić information content (AvgIpc) is 2.71. The summed E-state index contributed by atoms with van der Waals surface area (Å²) >= 11 is 12.2. The molecule has 2 aliphatic rings. The number of ether oxygens (including phenoxy) is 2. The van der Waals surface area contributed by atoms with E-state index in [1.165, 1.54) is 0 Å². The van der Waals surface area contributed by atoms with Crippen LogP contribution in [-0.2, 0) is 9.47 Å². The van der Waals surface area contributed by atoms with Crippen LogP contribution in [0.25, 0.3) is 0 Å². The topological polar surface area (TPSA) is 75.6 Å². The first-order chi connectivity index (χ1) is 13.2. The molecule has 0 unspecified atom stereocenters. The van der Waals surface area contributed by atoms with Gasteiger partial charge in [-0.05, 0) is 18.2 Å². The Kier molecular flexibility index (Phi) is 5.77. The Morgan fingerprint density at radius 2 is 1.48 bits per heavy atom. The normalized spacial score (nSPS) is 17.9. The molecule has 0 amide bonds. The van der Waals surface area contributed by atoms with Gasteiger partial charge in [-0.3, -0.25) is 0 Å². The van der Waals surface area contributed by atoms with Crippen LogP contribution in [0.1, 0.15) is 0 Å². The molecule has 1 aromatic carbocycles. The molecule has 4 rings (SSSR count). The summed E-state index contributed by atoms with van der Waals surface area (Å²) in [5.74, 6) is 1.95. The van der Waals surface area contributed by atoms with Gasteiger partial charge in [-0.25, -0.2) is 0 Å². The van der Waals surface area contributed by atoms with Gasteiger partial charge < -0.3 is 24.6 Å². The third kappa shape index (κ3) is 4.35. The number of anilines is 4. The number of hydrogen-bond acceptors (Lipinski definition) is 8. The van der Waals surface area contributed by atoms with Crippen LogP contribution < -0.4 is 15.1 Å². The molecule has 0 spiro atoms. The van der Waals surface area contributed by atoms with E-state index in [1.807, 2.05) is 0 Å². The zero-order valence-corrected chi connectivity index (χ0v) is 16.2. The lowest BCUT2D eigenvalue weighted by Crippen LogP contribution is -2.41. The highest BCUT2D eigenvalue weighted by atomic mass is 35.5. The van der Waals surface area contributed by atoms with Crippen LogP contribution in [0.4, 0.5) is 23.3 Å². The summed E-state index contributed by atoms with van der Waals surface area (Å²) in [6.07, 6.45) is 0. The highest BCUT2D eigenvalue weighted by Gasteiger charge is 2.24. The first-order valence-electron chi connectivity index (χ1n) is 8.83. The van der Waals surface area contributed by atoms with Crippen LogP contribution in [0.15, 0.2) is 18.2 Å². The molecule has 2 saturated heterocycles. The van der Waals surface area contributed by atoms with Gasteiger partial charge in [0.1, 0.15) is 0 Å². The molecular formula is C17H20Cl2N6O2. The Labute approximate surface area is 167 Å². The molecule has 144 valence electrons. The summed E-state index contributed by atoms with van der Waals surface area (Å²) in [5, 5.41) is 12.9. The summed E-state index contributed by atoms with van der Waals surface area (Å²) in [6, 6.07) is 5.22. The van der Waals surface area contributed by atoms with E-state index in [0.29, 0.717) is 48.1 Å². The molecule has 0 atom stereocenters. The molecule has 1 aromatic heterocycles. The SMILES string of the molecule is Clc1ccc(Nc2nnc(N3CCOCC3)c(N3CCOCC3)n2)c(Cl)c1. The van der Waals surface area contributed by atoms with Crippen molar-refractivity contribution in [2.45, 2.75) is 0 Å². The van der Waals surface area contributed by atoms with Gasteiger partial charge in [0.2, 0.25) is 5.95 Å². The molecule has 0 radical (unpaired) electrons. The van der Waals surface area contributed by atoms with Gasteiger partial charge in [0.25, 0.3) is 0 Å². The maximum atomic E-state index is 6.25. The van der Waals surface area contributed by atoms with E-state index in [9.17, 15) is 0 Å². The van der Waals surface area contributed by atoms with Crippen molar-refractivity contribution >= 4 is 46.5 Å². The Morgan fingerprint density at radius 3 is 2.11 bits per heavy atom. The smallest absolute Gasteiger partial charge is 0.249 e. The van der Waals surface area contributed by atoms with Crippen molar-refractivity contribution in [3.8, 4) is 0 Å². The van der Waals surface area contributed by atoms with Gasteiger partial charge >= 0.3 is 0 Å². The summed E-state index contributed by atoms with van der Waals surface area (Å²) in [6.45, 7) is 5.73. The van der Waals surface area contributed by atoms with Crippen LogP contribution in [0.3, 0.4) is 0 Å². The monoisotopic (exact) mass is 410 g/mol. The lowest BCUT2D eigenvalue weighted by Gasteiger charge is -2.33. The molecule has 2 aliphatic heterocycles. The third-order valence-corrected chi connectivity index (χ3v) is 5.00. The Morgan fingerprint density at radius 1 is 0.852 bits per heavy atom. The highest BCUT2D eigenvalue weighted by Crippen LogP contribution is 2.30. The summed E-state index contributed by atoms with van der Waals surface area (Å²) in [7, 11) is 0. The Hall–Kier alpha value is -1.87. The fourth-order valence-corrected chi connectivity index (χ4v) is 3.50. The standard InChI is InChI=1S/C17H20Cl2N6O2/c18-12-1-2-14(13(19)11-12)20-17-21-15(24-3-7-26-8-4-24)16(22-23-17)25-5-9-27-10-6-25/h1-2,11H,3-10H2,(H,20,21,23). The number of nitrogens with zero attached hydrogens (tertiary/aromatic N) is 5. The van der Waals surface area contributed by atoms with Gasteiger partial charge in [-0.15, -0.1) is 10.2 Å². The second-order valence-electron chi connectivity index (χ2n) is 6.23. The van der Waals surface area contributed by atoms with Gasteiger partial charge in [0.15, 0.2) is 11.6 Å². The van der Waals surface area contributed by atoms with E-state index in [2.05, 4.69) is 25.3 Å². The zero-order valence-electron chi connectivity index (χ0n) is 14.7.